The van der Waals surface area contributed by atoms with E-state index in [1.807, 2.05) is 0 Å². The topological polar surface area (TPSA) is 0 Å². The van der Waals surface area contributed by atoms with Gasteiger partial charge in [0.05, 0.1) is 0 Å². The molecule has 0 bridgehead atoms. The molecular weight excluding hydrogens is 337 g/mol. The Morgan fingerprint density at radius 1 is 0.550 bits per heavy atom. The minimum absolute atomic E-state index is 0.723. The van der Waals surface area contributed by atoms with E-state index in [0.29, 0.717) is 0 Å². The molecule has 1 aliphatic carbocycles. The van der Waals surface area contributed by atoms with Gasteiger partial charge in [0.15, 0.2) is 0 Å². The van der Waals surface area contributed by atoms with Crippen molar-refractivity contribution in [2.75, 3.05) is 5.75 Å². The van der Waals surface area contributed by atoms with Gasteiger partial charge in [-0.2, -0.15) is 43.9 Å². The van der Waals surface area contributed by atoms with Crippen LogP contribution < -0.4 is 0 Å². The molecule has 0 radical (unpaired) electrons. The lowest BCUT2D eigenvalue weighted by atomic mass is 9.80. The molecule has 1 aliphatic rings. The summed E-state index contributed by atoms with van der Waals surface area (Å²) in [4.78, 5) is 0. The zero-order valence-electron chi connectivity index (χ0n) is 9.27. The quantitative estimate of drug-likeness (QED) is 0.661. The summed E-state index contributed by atoms with van der Waals surface area (Å²) in [5.41, 5.74) is 0. The van der Waals surface area contributed by atoms with Gasteiger partial charge >= 0.3 is 29.6 Å². The highest BCUT2D eigenvalue weighted by molar-refractivity contribution is 8.00. The minimum atomic E-state index is -7.13. The second kappa shape index (κ2) is 4.07. The van der Waals surface area contributed by atoms with Crippen LogP contribution in [-0.2, 0) is 0 Å². The third kappa shape index (κ3) is 1.46. The van der Waals surface area contributed by atoms with Crippen molar-refractivity contribution in [3.63, 3.8) is 0 Å². The fourth-order valence-electron chi connectivity index (χ4n) is 1.57. The fraction of sp³-hybridized carbons (Fsp3) is 1.00. The second-order valence-electron chi connectivity index (χ2n) is 3.90. The van der Waals surface area contributed by atoms with E-state index in [4.69, 9.17) is 0 Å². The molecule has 0 spiro atoms. The Morgan fingerprint density at radius 2 is 0.800 bits per heavy atom. The van der Waals surface area contributed by atoms with Gasteiger partial charge in [-0.15, -0.1) is 11.8 Å². The van der Waals surface area contributed by atoms with E-state index in [0.717, 1.165) is 6.92 Å². The molecule has 0 nitrogen and oxygen atoms in total. The Labute approximate surface area is 108 Å². The van der Waals surface area contributed by atoms with Gasteiger partial charge in [0, 0.05) is 0 Å². The Kier molecular flexibility index (Phi) is 3.58. The molecule has 0 aromatic carbocycles. The van der Waals surface area contributed by atoms with Gasteiger partial charge in [0.25, 0.3) is 5.00 Å². The summed E-state index contributed by atoms with van der Waals surface area (Å²) in [6, 6.07) is 0. The number of hydrogen-bond acceptors (Lipinski definition) is 1. The summed E-state index contributed by atoms with van der Waals surface area (Å²) in [6.45, 7) is 0.723. The summed E-state index contributed by atoms with van der Waals surface area (Å²) in [5, 5.41) is -5.89. The highest BCUT2D eigenvalue weighted by Crippen LogP contribution is 2.71. The van der Waals surface area contributed by atoms with Crippen molar-refractivity contribution in [1.29, 1.82) is 0 Å². The molecule has 12 heteroatoms. The Bertz CT molecular complexity index is 371. The lowest BCUT2D eigenvalue weighted by Gasteiger charge is -2.52. The Morgan fingerprint density at radius 3 is 1.05 bits per heavy atom. The maximum atomic E-state index is 13.6. The number of thioether (sulfide) groups is 1. The molecule has 0 unspecified atom stereocenters. The van der Waals surface area contributed by atoms with Crippen molar-refractivity contribution in [3.05, 3.63) is 0 Å². The highest BCUT2D eigenvalue weighted by Gasteiger charge is 3.01. The summed E-state index contributed by atoms with van der Waals surface area (Å²) >= 11 is -1.29. The summed E-state index contributed by atoms with van der Waals surface area (Å²) in [5.74, 6) is -35.6. The first-order valence-electron chi connectivity index (χ1n) is 4.78. The molecule has 0 aromatic rings. The molecular formula is C8H5F11S. The molecule has 1 saturated carbocycles. The summed E-state index contributed by atoms with van der Waals surface area (Å²) in [6.07, 6.45) is 0. The van der Waals surface area contributed by atoms with Gasteiger partial charge in [-0.25, -0.2) is 4.39 Å². The molecule has 0 aliphatic heterocycles. The van der Waals surface area contributed by atoms with Gasteiger partial charge < -0.3 is 0 Å². The van der Waals surface area contributed by atoms with E-state index in [1.54, 1.807) is 0 Å². The molecule has 20 heavy (non-hydrogen) atoms. The third-order valence-corrected chi connectivity index (χ3v) is 3.93. The van der Waals surface area contributed by atoms with E-state index < -0.39 is 52.1 Å². The van der Waals surface area contributed by atoms with Crippen LogP contribution in [0.2, 0.25) is 0 Å². The molecule has 1 rings (SSSR count). The molecule has 0 atom stereocenters. The van der Waals surface area contributed by atoms with E-state index in [9.17, 15) is 48.3 Å². The van der Waals surface area contributed by atoms with Crippen molar-refractivity contribution < 1.29 is 48.3 Å². The van der Waals surface area contributed by atoms with Crippen molar-refractivity contribution in [3.8, 4) is 0 Å². The van der Waals surface area contributed by atoms with Crippen LogP contribution in [0.15, 0.2) is 0 Å². The number of hydrogen-bond donors (Lipinski definition) is 0. The largest absolute Gasteiger partial charge is 0.384 e. The third-order valence-electron chi connectivity index (χ3n) is 2.73. The molecule has 0 heterocycles. The lowest BCUT2D eigenvalue weighted by Crippen LogP contribution is -2.82. The summed E-state index contributed by atoms with van der Waals surface area (Å²) < 4.78 is 143. The van der Waals surface area contributed by atoms with Crippen LogP contribution in [0.3, 0.4) is 0 Å². The van der Waals surface area contributed by atoms with Crippen molar-refractivity contribution in [2.45, 2.75) is 41.5 Å². The monoisotopic (exact) mass is 342 g/mol. The van der Waals surface area contributed by atoms with E-state index in [-0.39, 0.29) is 0 Å². The van der Waals surface area contributed by atoms with Crippen molar-refractivity contribution in [1.82, 2.24) is 0 Å². The van der Waals surface area contributed by atoms with Crippen LogP contribution in [0.4, 0.5) is 48.3 Å². The zero-order chi connectivity index (χ0) is 16.4. The molecule has 0 aromatic heterocycles. The van der Waals surface area contributed by atoms with Crippen LogP contribution in [0, 0.1) is 0 Å². The summed E-state index contributed by atoms with van der Waals surface area (Å²) in [7, 11) is 0. The maximum Gasteiger partial charge on any atom is 0.384 e. The highest BCUT2D eigenvalue weighted by atomic mass is 32.2. The fourth-order valence-corrected chi connectivity index (χ4v) is 2.59. The van der Waals surface area contributed by atoms with Gasteiger partial charge in [-0.3, -0.25) is 0 Å². The average molecular weight is 342 g/mol. The van der Waals surface area contributed by atoms with E-state index in [1.165, 1.54) is 0 Å². The molecule has 120 valence electrons. The van der Waals surface area contributed by atoms with Crippen LogP contribution in [0.5, 0.6) is 0 Å². The molecule has 0 saturated heterocycles. The minimum Gasteiger partial charge on any atom is -0.218 e. The first kappa shape index (κ1) is 17.6. The SMILES string of the molecule is CCSC1(F)C(F)(F)C(F)(F)C(F)(F)C(F)(F)C1(F)F. The Hall–Kier alpha value is -0.420. The number of rotatable bonds is 2. The van der Waals surface area contributed by atoms with E-state index >= 15 is 0 Å². The number of alkyl halides is 11. The molecule has 0 N–H and O–H groups in total. The first-order valence-corrected chi connectivity index (χ1v) is 5.76. The van der Waals surface area contributed by atoms with Gasteiger partial charge in [0.1, 0.15) is 0 Å². The van der Waals surface area contributed by atoms with Gasteiger partial charge in [-0.05, 0) is 5.75 Å². The zero-order valence-corrected chi connectivity index (χ0v) is 10.1. The van der Waals surface area contributed by atoms with Gasteiger partial charge in [-0.1, -0.05) is 6.92 Å². The predicted octanol–water partition coefficient (Wildman–Crippen LogP) is 4.60. The number of halogens is 11. The normalized spacial score (nSPS) is 31.8. The van der Waals surface area contributed by atoms with Crippen LogP contribution in [0.1, 0.15) is 6.92 Å². The van der Waals surface area contributed by atoms with E-state index in [2.05, 4.69) is 0 Å². The molecule has 1 fully saturated rings. The lowest BCUT2D eigenvalue weighted by molar-refractivity contribution is -0.468. The van der Waals surface area contributed by atoms with Gasteiger partial charge in [0.2, 0.25) is 0 Å². The first-order chi connectivity index (χ1) is 8.56. The standard InChI is InChI=1S/C8H5F11S/c1-2-20-8(19)6(15,16)4(11,12)3(9,10)5(13,14)7(8,17)18/h2H2,1H3. The molecule has 0 amide bonds. The predicted molar refractivity (Wildman–Crippen MR) is 46.7 cm³/mol. The average Bonchev–Trinajstić information content (AvgIpc) is 2.26. The van der Waals surface area contributed by atoms with Crippen molar-refractivity contribution in [2.24, 2.45) is 0 Å². The van der Waals surface area contributed by atoms with Crippen molar-refractivity contribution >= 4 is 11.8 Å². The van der Waals surface area contributed by atoms with Crippen LogP contribution in [0.25, 0.3) is 0 Å². The smallest absolute Gasteiger partial charge is 0.218 e. The Balaban J connectivity index is 3.73. The van der Waals surface area contributed by atoms with Crippen LogP contribution in [-0.4, -0.2) is 40.4 Å². The maximum absolute atomic E-state index is 13.6. The van der Waals surface area contributed by atoms with Crippen LogP contribution >= 0.6 is 11.8 Å². The second-order valence-corrected chi connectivity index (χ2v) is 5.33.